The molecule has 0 saturated carbocycles. The largest absolute Gasteiger partial charge is 0.382 e. The Labute approximate surface area is 159 Å². The van der Waals surface area contributed by atoms with E-state index in [1.807, 2.05) is 0 Å². The Morgan fingerprint density at radius 1 is 1.08 bits per heavy atom. The molecule has 0 spiro atoms. The first-order valence-corrected chi connectivity index (χ1v) is 9.96. The van der Waals surface area contributed by atoms with E-state index in [1.165, 1.54) is 16.7 Å². The van der Waals surface area contributed by atoms with Gasteiger partial charge in [-0.3, -0.25) is 4.90 Å². The lowest BCUT2D eigenvalue weighted by atomic mass is 9.61. The molecule has 0 radical (unpaired) electrons. The van der Waals surface area contributed by atoms with Crippen LogP contribution in [-0.2, 0) is 23.1 Å². The van der Waals surface area contributed by atoms with Crippen molar-refractivity contribution in [3.8, 4) is 0 Å². The van der Waals surface area contributed by atoms with Crippen LogP contribution < -0.4 is 0 Å². The predicted octanol–water partition coefficient (Wildman–Crippen LogP) is 5.06. The quantitative estimate of drug-likeness (QED) is 0.646. The maximum absolute atomic E-state index is 5.74. The van der Waals surface area contributed by atoms with E-state index in [2.05, 4.69) is 87.3 Å². The summed E-state index contributed by atoms with van der Waals surface area (Å²) in [5.74, 6) is 0.576. The van der Waals surface area contributed by atoms with Crippen LogP contribution in [0.15, 0.2) is 54.6 Å². The van der Waals surface area contributed by atoms with Crippen LogP contribution >= 0.6 is 0 Å². The molecule has 1 aliphatic rings. The summed E-state index contributed by atoms with van der Waals surface area (Å²) in [5, 5.41) is 0. The summed E-state index contributed by atoms with van der Waals surface area (Å²) >= 11 is 0. The van der Waals surface area contributed by atoms with Crippen molar-refractivity contribution in [2.45, 2.75) is 51.6 Å². The smallest absolute Gasteiger partial charge is 0.0474 e. The highest BCUT2D eigenvalue weighted by molar-refractivity contribution is 5.38. The van der Waals surface area contributed by atoms with E-state index < -0.39 is 0 Å². The third kappa shape index (κ3) is 3.87. The molecule has 0 amide bonds. The molecular weight excluding hydrogens is 318 g/mol. The van der Waals surface area contributed by atoms with Crippen LogP contribution in [0.25, 0.3) is 0 Å². The van der Waals surface area contributed by atoms with Crippen molar-refractivity contribution in [1.29, 1.82) is 0 Å². The van der Waals surface area contributed by atoms with Crippen molar-refractivity contribution in [3.63, 3.8) is 0 Å². The highest BCUT2D eigenvalue weighted by Crippen LogP contribution is 2.45. The molecule has 3 unspecified atom stereocenters. The minimum absolute atomic E-state index is 0.152. The topological polar surface area (TPSA) is 12.5 Å². The second kappa shape index (κ2) is 8.37. The minimum Gasteiger partial charge on any atom is -0.382 e. The van der Waals surface area contributed by atoms with E-state index in [9.17, 15) is 0 Å². The van der Waals surface area contributed by atoms with Gasteiger partial charge in [0.15, 0.2) is 0 Å². The molecule has 1 aliphatic carbocycles. The minimum atomic E-state index is 0.152. The molecule has 2 aromatic carbocycles. The van der Waals surface area contributed by atoms with Gasteiger partial charge in [-0.05, 0) is 54.8 Å². The molecule has 0 heterocycles. The number of hydrogen-bond donors (Lipinski definition) is 0. The van der Waals surface area contributed by atoms with Crippen molar-refractivity contribution >= 4 is 0 Å². The van der Waals surface area contributed by atoms with Gasteiger partial charge in [-0.1, -0.05) is 68.4 Å². The van der Waals surface area contributed by atoms with Gasteiger partial charge in [0.2, 0.25) is 0 Å². The van der Waals surface area contributed by atoms with E-state index in [4.69, 9.17) is 4.74 Å². The molecule has 140 valence electrons. The molecule has 0 aromatic heterocycles. The van der Waals surface area contributed by atoms with Crippen LogP contribution in [0.2, 0.25) is 0 Å². The van der Waals surface area contributed by atoms with Crippen molar-refractivity contribution in [3.05, 3.63) is 71.3 Å². The zero-order chi connectivity index (χ0) is 18.6. The molecular formula is C24H33NO. The van der Waals surface area contributed by atoms with Gasteiger partial charge < -0.3 is 4.74 Å². The molecule has 0 saturated heterocycles. The summed E-state index contributed by atoms with van der Waals surface area (Å²) in [5.41, 5.74) is 4.57. The van der Waals surface area contributed by atoms with Crippen molar-refractivity contribution in [2.75, 3.05) is 20.3 Å². The first-order chi connectivity index (χ1) is 12.6. The third-order valence-electron chi connectivity index (χ3n) is 6.45. The fourth-order valence-corrected chi connectivity index (χ4v) is 4.64. The molecule has 2 heteroatoms. The molecule has 3 atom stereocenters. The van der Waals surface area contributed by atoms with Gasteiger partial charge in [0.25, 0.3) is 0 Å². The van der Waals surface area contributed by atoms with Gasteiger partial charge in [-0.25, -0.2) is 0 Å². The molecule has 0 aliphatic heterocycles. The van der Waals surface area contributed by atoms with Crippen LogP contribution in [0.4, 0.5) is 0 Å². The number of ether oxygens (including phenoxy) is 1. The number of rotatable bonds is 7. The zero-order valence-electron chi connectivity index (χ0n) is 16.7. The van der Waals surface area contributed by atoms with Crippen molar-refractivity contribution < 1.29 is 4.74 Å². The highest BCUT2D eigenvalue weighted by Gasteiger charge is 2.43. The molecule has 0 fully saturated rings. The van der Waals surface area contributed by atoms with Gasteiger partial charge in [0, 0.05) is 25.8 Å². The highest BCUT2D eigenvalue weighted by atomic mass is 16.5. The number of likely N-dealkylation sites (N-methyl/N-ethyl adjacent to an activating group) is 1. The molecule has 0 bridgehead atoms. The monoisotopic (exact) mass is 351 g/mol. The van der Waals surface area contributed by atoms with Gasteiger partial charge >= 0.3 is 0 Å². The Kier molecular flexibility index (Phi) is 6.16. The van der Waals surface area contributed by atoms with Crippen LogP contribution in [-0.4, -0.2) is 31.2 Å². The fourth-order valence-electron chi connectivity index (χ4n) is 4.64. The first kappa shape index (κ1) is 19.1. The van der Waals surface area contributed by atoms with E-state index in [0.717, 1.165) is 32.6 Å². The number of benzene rings is 2. The van der Waals surface area contributed by atoms with Crippen molar-refractivity contribution in [1.82, 2.24) is 4.90 Å². The molecule has 0 N–H and O–H groups in total. The fraction of sp³-hybridized carbons (Fsp3) is 0.500. The molecule has 2 nitrogen and oxygen atoms in total. The van der Waals surface area contributed by atoms with Crippen molar-refractivity contribution in [2.24, 2.45) is 5.92 Å². The second-order valence-corrected chi connectivity index (χ2v) is 7.98. The third-order valence-corrected chi connectivity index (χ3v) is 6.45. The summed E-state index contributed by atoms with van der Waals surface area (Å²) < 4.78 is 5.74. The summed E-state index contributed by atoms with van der Waals surface area (Å²) in [7, 11) is 2.28. The summed E-state index contributed by atoms with van der Waals surface area (Å²) in [4.78, 5) is 2.55. The first-order valence-electron chi connectivity index (χ1n) is 9.96. The Balaban J connectivity index is 1.86. The van der Waals surface area contributed by atoms with Crippen LogP contribution in [0.5, 0.6) is 0 Å². The van der Waals surface area contributed by atoms with Gasteiger partial charge in [-0.2, -0.15) is 0 Å². The lowest BCUT2D eigenvalue weighted by Crippen LogP contribution is -2.51. The standard InChI is InChI=1S/C24H33NO/c1-5-26-16-15-24(3)19(2)23(17-21-13-9-10-14-22(21)24)25(4)18-20-11-7-6-8-12-20/h6-14,19,23H,5,15-18H2,1-4H3. The number of nitrogens with zero attached hydrogens (tertiary/aromatic N) is 1. The van der Waals surface area contributed by atoms with E-state index in [1.54, 1.807) is 0 Å². The zero-order valence-corrected chi connectivity index (χ0v) is 16.7. The van der Waals surface area contributed by atoms with Gasteiger partial charge in [0.1, 0.15) is 0 Å². The van der Waals surface area contributed by atoms with E-state index >= 15 is 0 Å². The summed E-state index contributed by atoms with van der Waals surface area (Å²) in [6.07, 6.45) is 2.21. The maximum atomic E-state index is 5.74. The van der Waals surface area contributed by atoms with E-state index in [0.29, 0.717) is 12.0 Å². The van der Waals surface area contributed by atoms with Crippen LogP contribution in [0.1, 0.15) is 43.9 Å². The van der Waals surface area contributed by atoms with Gasteiger partial charge in [-0.15, -0.1) is 0 Å². The number of hydrogen-bond acceptors (Lipinski definition) is 2. The average Bonchev–Trinajstić information content (AvgIpc) is 2.66. The molecule has 3 rings (SSSR count). The summed E-state index contributed by atoms with van der Waals surface area (Å²) in [6.45, 7) is 9.59. The Bertz CT molecular complexity index is 698. The number of fused-ring (bicyclic) bond motifs is 1. The normalized spacial score (nSPS) is 25.3. The Hall–Kier alpha value is -1.64. The SMILES string of the molecule is CCOCCC1(C)c2ccccc2CC(N(C)Cc2ccccc2)C1C. The van der Waals surface area contributed by atoms with Crippen LogP contribution in [0.3, 0.4) is 0 Å². The Morgan fingerprint density at radius 2 is 1.77 bits per heavy atom. The Morgan fingerprint density at radius 3 is 2.50 bits per heavy atom. The van der Waals surface area contributed by atoms with Gasteiger partial charge in [0.05, 0.1) is 0 Å². The van der Waals surface area contributed by atoms with E-state index in [-0.39, 0.29) is 5.41 Å². The lowest BCUT2D eigenvalue weighted by molar-refractivity contribution is 0.0701. The summed E-state index contributed by atoms with van der Waals surface area (Å²) in [6, 6.07) is 20.4. The predicted molar refractivity (Wildman–Crippen MR) is 109 cm³/mol. The molecule has 26 heavy (non-hydrogen) atoms. The second-order valence-electron chi connectivity index (χ2n) is 7.98. The lowest BCUT2D eigenvalue weighted by Gasteiger charge is -2.49. The molecule has 2 aromatic rings. The average molecular weight is 352 g/mol. The maximum Gasteiger partial charge on any atom is 0.0474 e. The van der Waals surface area contributed by atoms with Crippen LogP contribution in [0, 0.1) is 5.92 Å².